The molecule has 0 radical (unpaired) electrons. The van der Waals surface area contributed by atoms with Gasteiger partial charge in [-0.1, -0.05) is 121 Å². The third kappa shape index (κ3) is 7.10. The molecule has 0 saturated heterocycles. The van der Waals surface area contributed by atoms with Crippen LogP contribution in [0.15, 0.2) is 306 Å². The first-order valence-electron chi connectivity index (χ1n) is 31.7. The van der Waals surface area contributed by atoms with Crippen LogP contribution in [0.25, 0.3) is 185 Å². The van der Waals surface area contributed by atoms with Crippen molar-refractivity contribution in [2.24, 2.45) is 0 Å². The van der Waals surface area contributed by atoms with E-state index in [1.165, 1.54) is 43.1 Å². The van der Waals surface area contributed by atoms with Gasteiger partial charge in [0, 0.05) is 135 Å². The Morgan fingerprint density at radius 3 is 0.670 bits per heavy atom. The van der Waals surface area contributed by atoms with Gasteiger partial charge in [0.1, 0.15) is 67.0 Å². The molecule has 0 saturated carbocycles. The topological polar surface area (TPSA) is 85.3 Å². The molecule has 22 aromatic rings. The van der Waals surface area contributed by atoms with E-state index < -0.39 is 0 Å². The van der Waals surface area contributed by atoms with Crippen molar-refractivity contribution >= 4 is 220 Å². The van der Waals surface area contributed by atoms with E-state index in [1.807, 2.05) is 0 Å². The van der Waals surface area contributed by atoms with Crippen molar-refractivity contribution in [1.29, 1.82) is 0 Å². The normalized spacial score (nSPS) is 12.5. The molecule has 22 rings (SSSR count). The van der Waals surface area contributed by atoms with Gasteiger partial charge in [0.2, 0.25) is 0 Å². The Morgan fingerprint density at radius 1 is 0.149 bits per heavy atom. The van der Waals surface area contributed by atoms with Crippen LogP contribution in [-0.2, 0) is 0 Å². The highest BCUT2D eigenvalue weighted by Gasteiger charge is 2.24. The minimum absolute atomic E-state index is 0.771. The summed E-state index contributed by atoms with van der Waals surface area (Å²) in [6, 6.07) is 98.8. The molecule has 0 aliphatic carbocycles. The highest BCUT2D eigenvalue weighted by molar-refractivity contribution is 6.24. The molecule has 0 atom stereocenters. The molecule has 0 aliphatic rings. The molecular weight excluding hydrogens is 1160 g/mol. The van der Waals surface area contributed by atoms with E-state index >= 15 is 0 Å². The van der Waals surface area contributed by atoms with Gasteiger partial charge >= 0.3 is 0 Å². The Morgan fingerprint density at radius 2 is 0.383 bits per heavy atom. The fourth-order valence-electron chi connectivity index (χ4n) is 15.6. The van der Waals surface area contributed by atoms with Crippen molar-refractivity contribution in [3.8, 4) is 0 Å². The van der Waals surface area contributed by atoms with Gasteiger partial charge < -0.3 is 36.3 Å². The third-order valence-electron chi connectivity index (χ3n) is 19.9. The predicted octanol–water partition coefficient (Wildman–Crippen LogP) is 25.8. The standard InChI is InChI=1S/C86H46N2O6/c1-5-13-59-47(9-1)17-33-71-83(59)65-29-23-55(43-79(65)89-71)87(56-24-30-66-80(44-56)90-72-34-18-48-10-2-6-14-60(48)84(66)72)53-21-27-63-69-37-51-40-76-70(38-52(51)39-75(69)93-77(63)41-53)64-28-22-54(42-78(64)94-76)88(57-25-31-67-81(45-57)91-73-35-19-49-11-3-7-15-61(49)85(67)73)58-26-32-68-82(46-58)92-74-36-20-50-12-4-8-16-62(50)86(68)74/h1-46H. The second-order valence-corrected chi connectivity index (χ2v) is 25.0. The largest absolute Gasteiger partial charge is 0.456 e. The van der Waals surface area contributed by atoms with Crippen molar-refractivity contribution in [2.75, 3.05) is 9.80 Å². The zero-order valence-electron chi connectivity index (χ0n) is 49.9. The number of benzene rings is 16. The first-order valence-corrected chi connectivity index (χ1v) is 31.7. The monoisotopic (exact) mass is 1200 g/mol. The predicted molar refractivity (Wildman–Crippen MR) is 387 cm³/mol. The summed E-state index contributed by atoms with van der Waals surface area (Å²) in [5.74, 6) is 0. The molecule has 0 spiro atoms. The molecule has 16 aromatic carbocycles. The van der Waals surface area contributed by atoms with Crippen LogP contribution in [0.3, 0.4) is 0 Å². The molecule has 0 bridgehead atoms. The number of hydrogen-bond acceptors (Lipinski definition) is 8. The molecule has 0 amide bonds. The lowest BCUT2D eigenvalue weighted by Crippen LogP contribution is -2.09. The molecule has 0 aliphatic heterocycles. The van der Waals surface area contributed by atoms with E-state index in [1.54, 1.807) is 0 Å². The first-order chi connectivity index (χ1) is 46.5. The minimum Gasteiger partial charge on any atom is -0.456 e. The van der Waals surface area contributed by atoms with Crippen LogP contribution < -0.4 is 9.80 Å². The summed E-state index contributed by atoms with van der Waals surface area (Å²) >= 11 is 0. The Bertz CT molecular complexity index is 6360. The summed E-state index contributed by atoms with van der Waals surface area (Å²) in [4.78, 5) is 4.54. The third-order valence-corrected chi connectivity index (χ3v) is 19.9. The van der Waals surface area contributed by atoms with Crippen LogP contribution >= 0.6 is 0 Å². The average Bonchev–Trinajstić information content (AvgIpc) is 1.62. The average molecular weight is 1200 g/mol. The highest BCUT2D eigenvalue weighted by atomic mass is 16.3. The van der Waals surface area contributed by atoms with Gasteiger partial charge in [-0.3, -0.25) is 0 Å². The first kappa shape index (κ1) is 50.0. The quantitative estimate of drug-likeness (QED) is 0.163. The number of furan rings is 6. The van der Waals surface area contributed by atoms with Gasteiger partial charge in [-0.25, -0.2) is 0 Å². The van der Waals surface area contributed by atoms with Crippen molar-refractivity contribution in [2.45, 2.75) is 0 Å². The number of anilines is 6. The Labute approximate surface area is 532 Å². The van der Waals surface area contributed by atoms with Crippen LogP contribution in [0.5, 0.6) is 0 Å². The number of fused-ring (bicyclic) bond motifs is 27. The molecular formula is C86H46N2O6. The van der Waals surface area contributed by atoms with Crippen molar-refractivity contribution in [3.63, 3.8) is 0 Å². The Kier molecular flexibility index (Phi) is 9.81. The Hall–Kier alpha value is -12.8. The molecule has 436 valence electrons. The maximum atomic E-state index is 6.95. The SMILES string of the molecule is c1ccc2c(c1)ccc1oc3cc(N(c4ccc5c(c4)oc4cc6cc7c(cc6cc45)oc4cc(N(c5ccc6c(c5)oc5ccc8ccccc8c56)c5ccc6c(c5)oc5ccc8ccccc8c56)ccc47)c4ccc5c(c4)oc4ccc6ccccc6c45)ccc3c12. The number of hydrogen-bond donors (Lipinski definition) is 0. The van der Waals surface area contributed by atoms with E-state index in [4.69, 9.17) is 26.5 Å². The molecule has 8 nitrogen and oxygen atoms in total. The van der Waals surface area contributed by atoms with E-state index in [9.17, 15) is 0 Å². The van der Waals surface area contributed by atoms with Crippen LogP contribution in [0.4, 0.5) is 34.1 Å². The summed E-state index contributed by atoms with van der Waals surface area (Å²) in [5, 5.41) is 24.2. The van der Waals surface area contributed by atoms with Crippen molar-refractivity contribution < 1.29 is 26.5 Å². The summed E-state index contributed by atoms with van der Waals surface area (Å²) in [5.41, 5.74) is 15.4. The van der Waals surface area contributed by atoms with E-state index in [0.29, 0.717) is 0 Å². The minimum atomic E-state index is 0.771. The Balaban J connectivity index is 0.668. The van der Waals surface area contributed by atoms with Crippen LogP contribution in [0, 0.1) is 0 Å². The van der Waals surface area contributed by atoms with Gasteiger partial charge in [-0.2, -0.15) is 0 Å². The van der Waals surface area contributed by atoms with E-state index in [0.717, 1.165) is 177 Å². The summed E-state index contributed by atoms with van der Waals surface area (Å²) < 4.78 is 40.7. The smallest absolute Gasteiger partial charge is 0.137 e. The summed E-state index contributed by atoms with van der Waals surface area (Å²) in [6.07, 6.45) is 0. The number of nitrogens with zero attached hydrogens (tertiary/aromatic N) is 2. The molecule has 0 unspecified atom stereocenters. The lowest BCUT2D eigenvalue weighted by molar-refractivity contribution is 0.668. The van der Waals surface area contributed by atoms with Gasteiger partial charge in [-0.15, -0.1) is 0 Å². The fourth-order valence-corrected chi connectivity index (χ4v) is 15.6. The molecule has 0 fully saturated rings. The van der Waals surface area contributed by atoms with Crippen LogP contribution in [0.2, 0.25) is 0 Å². The number of rotatable bonds is 6. The zero-order chi connectivity index (χ0) is 61.0. The van der Waals surface area contributed by atoms with E-state index in [-0.39, 0.29) is 0 Å². The van der Waals surface area contributed by atoms with E-state index in [2.05, 4.69) is 289 Å². The zero-order valence-corrected chi connectivity index (χ0v) is 49.9. The fraction of sp³-hybridized carbons (Fsp3) is 0. The molecule has 6 heterocycles. The van der Waals surface area contributed by atoms with Crippen molar-refractivity contribution in [1.82, 2.24) is 0 Å². The van der Waals surface area contributed by atoms with Crippen LogP contribution in [-0.4, -0.2) is 0 Å². The maximum Gasteiger partial charge on any atom is 0.137 e. The van der Waals surface area contributed by atoms with Gasteiger partial charge in [0.25, 0.3) is 0 Å². The summed E-state index contributed by atoms with van der Waals surface area (Å²) in [7, 11) is 0. The summed E-state index contributed by atoms with van der Waals surface area (Å²) in [6.45, 7) is 0. The highest BCUT2D eigenvalue weighted by Crippen LogP contribution is 2.48. The lowest BCUT2D eigenvalue weighted by Gasteiger charge is -2.25. The molecule has 94 heavy (non-hydrogen) atoms. The van der Waals surface area contributed by atoms with Gasteiger partial charge in [0.05, 0.1) is 0 Å². The van der Waals surface area contributed by atoms with Crippen LogP contribution in [0.1, 0.15) is 0 Å². The molecule has 0 N–H and O–H groups in total. The second kappa shape index (κ2) is 18.4. The lowest BCUT2D eigenvalue weighted by atomic mass is 10.0. The van der Waals surface area contributed by atoms with Crippen molar-refractivity contribution in [3.05, 3.63) is 279 Å². The van der Waals surface area contributed by atoms with Gasteiger partial charge in [-0.05, 0) is 175 Å². The van der Waals surface area contributed by atoms with Gasteiger partial charge in [0.15, 0.2) is 0 Å². The molecule has 6 aromatic heterocycles. The second-order valence-electron chi connectivity index (χ2n) is 25.0. The molecule has 8 heteroatoms. The maximum absolute atomic E-state index is 6.95.